The van der Waals surface area contributed by atoms with Crippen LogP contribution in [0.4, 0.5) is 5.13 Å². The molecule has 0 radical (unpaired) electrons. The molecule has 3 rings (SSSR count). The molecule has 0 saturated carbocycles. The van der Waals surface area contributed by atoms with Gasteiger partial charge in [-0.3, -0.25) is 9.59 Å². The van der Waals surface area contributed by atoms with Gasteiger partial charge in [0.05, 0.1) is 10.0 Å². The van der Waals surface area contributed by atoms with Crippen molar-refractivity contribution in [3.8, 4) is 0 Å². The van der Waals surface area contributed by atoms with Crippen LogP contribution < -0.4 is 10.6 Å². The van der Waals surface area contributed by atoms with Gasteiger partial charge in [-0.2, -0.15) is 11.3 Å². The zero-order chi connectivity index (χ0) is 19.2. The molecule has 0 spiro atoms. The topological polar surface area (TPSA) is 71.1 Å². The van der Waals surface area contributed by atoms with Crippen LogP contribution >= 0.6 is 45.9 Å². The summed E-state index contributed by atoms with van der Waals surface area (Å²) in [6, 6.07) is 7.23. The average Bonchev–Trinajstić information content (AvgIpc) is 3.31. The molecule has 0 aliphatic heterocycles. The second-order valence-electron chi connectivity index (χ2n) is 5.59. The lowest BCUT2D eigenvalue weighted by molar-refractivity contribution is -0.116. The van der Waals surface area contributed by atoms with Crippen LogP contribution in [-0.4, -0.2) is 23.3 Å². The molecule has 140 valence electrons. The van der Waals surface area contributed by atoms with E-state index in [0.29, 0.717) is 27.2 Å². The fraction of sp³-hybridized carbons (Fsp3) is 0.167. The lowest BCUT2D eigenvalue weighted by Gasteiger charge is -2.04. The number of thiophene rings is 1. The second kappa shape index (κ2) is 9.32. The van der Waals surface area contributed by atoms with Crippen molar-refractivity contribution in [2.75, 3.05) is 11.9 Å². The SMILES string of the molecule is O=C(CCNC(=O)c1ccsc1)Nc1ncc(Cc2cccc(Cl)c2Cl)s1. The van der Waals surface area contributed by atoms with Gasteiger partial charge >= 0.3 is 0 Å². The van der Waals surface area contributed by atoms with E-state index in [-0.39, 0.29) is 24.8 Å². The zero-order valence-corrected chi connectivity index (χ0v) is 17.1. The maximum absolute atomic E-state index is 12.0. The first-order valence-corrected chi connectivity index (χ1v) is 10.5. The van der Waals surface area contributed by atoms with Gasteiger partial charge in [-0.1, -0.05) is 35.3 Å². The standard InChI is InChI=1S/C18H15Cl2N3O2S2/c19-14-3-1-2-11(16(14)20)8-13-9-22-18(27-13)23-15(24)4-6-21-17(25)12-5-7-26-10-12/h1-3,5,7,9-10H,4,6,8H2,(H,21,25)(H,22,23,24). The number of aromatic nitrogens is 1. The molecule has 0 aliphatic rings. The molecule has 2 aromatic heterocycles. The molecule has 2 amide bonds. The second-order valence-corrected chi connectivity index (χ2v) is 8.27. The number of thiazole rings is 1. The van der Waals surface area contributed by atoms with E-state index in [9.17, 15) is 9.59 Å². The Kier molecular flexibility index (Phi) is 6.84. The van der Waals surface area contributed by atoms with E-state index in [1.54, 1.807) is 23.7 Å². The van der Waals surface area contributed by atoms with E-state index in [0.717, 1.165) is 10.4 Å². The van der Waals surface area contributed by atoms with E-state index in [2.05, 4.69) is 15.6 Å². The first-order valence-electron chi connectivity index (χ1n) is 8.01. The Balaban J connectivity index is 1.48. The van der Waals surface area contributed by atoms with Crippen molar-refractivity contribution in [1.82, 2.24) is 10.3 Å². The van der Waals surface area contributed by atoms with Crippen LogP contribution in [0.3, 0.4) is 0 Å². The minimum atomic E-state index is -0.206. The summed E-state index contributed by atoms with van der Waals surface area (Å²) in [5, 5.41) is 10.6. The summed E-state index contributed by atoms with van der Waals surface area (Å²) in [6.45, 7) is 0.261. The van der Waals surface area contributed by atoms with Crippen molar-refractivity contribution in [2.45, 2.75) is 12.8 Å². The van der Waals surface area contributed by atoms with Gasteiger partial charge in [0.2, 0.25) is 5.91 Å². The molecular formula is C18H15Cl2N3O2S2. The van der Waals surface area contributed by atoms with Crippen LogP contribution in [0.5, 0.6) is 0 Å². The molecule has 5 nitrogen and oxygen atoms in total. The fourth-order valence-electron chi connectivity index (χ4n) is 2.29. The Morgan fingerprint density at radius 2 is 2.04 bits per heavy atom. The smallest absolute Gasteiger partial charge is 0.252 e. The highest BCUT2D eigenvalue weighted by Crippen LogP contribution is 2.29. The van der Waals surface area contributed by atoms with Gasteiger partial charge in [0.25, 0.3) is 5.91 Å². The normalized spacial score (nSPS) is 10.6. The predicted octanol–water partition coefficient (Wildman–Crippen LogP) is 4.86. The molecule has 0 aliphatic carbocycles. The first-order chi connectivity index (χ1) is 13.0. The van der Waals surface area contributed by atoms with Crippen molar-refractivity contribution in [3.63, 3.8) is 0 Å². The van der Waals surface area contributed by atoms with Crippen molar-refractivity contribution in [3.05, 3.63) is 67.3 Å². The zero-order valence-electron chi connectivity index (χ0n) is 14.0. The fourth-order valence-corrected chi connectivity index (χ4v) is 4.16. The number of hydrogen-bond donors (Lipinski definition) is 2. The Bertz CT molecular complexity index is 942. The minimum absolute atomic E-state index is 0.172. The van der Waals surface area contributed by atoms with Gasteiger partial charge in [0.1, 0.15) is 0 Å². The molecule has 0 bridgehead atoms. The average molecular weight is 440 g/mol. The van der Waals surface area contributed by atoms with E-state index in [4.69, 9.17) is 23.2 Å². The van der Waals surface area contributed by atoms with Crippen LogP contribution in [0.25, 0.3) is 0 Å². The highest BCUT2D eigenvalue weighted by Gasteiger charge is 2.11. The van der Waals surface area contributed by atoms with Crippen LogP contribution in [0.15, 0.2) is 41.2 Å². The third-order valence-electron chi connectivity index (χ3n) is 3.62. The van der Waals surface area contributed by atoms with Crippen molar-refractivity contribution in [2.24, 2.45) is 0 Å². The number of benzene rings is 1. The number of rotatable bonds is 7. The van der Waals surface area contributed by atoms with E-state index >= 15 is 0 Å². The molecule has 0 unspecified atom stereocenters. The summed E-state index contributed by atoms with van der Waals surface area (Å²) < 4.78 is 0. The molecular weight excluding hydrogens is 425 g/mol. The summed E-state index contributed by atoms with van der Waals surface area (Å²) in [5.74, 6) is -0.388. The number of nitrogens with zero attached hydrogens (tertiary/aromatic N) is 1. The number of hydrogen-bond acceptors (Lipinski definition) is 5. The maximum Gasteiger partial charge on any atom is 0.252 e. The van der Waals surface area contributed by atoms with Gasteiger partial charge in [0, 0.05) is 41.4 Å². The molecule has 0 saturated heterocycles. The number of nitrogens with one attached hydrogen (secondary N) is 2. The van der Waals surface area contributed by atoms with E-state index in [1.165, 1.54) is 22.7 Å². The summed E-state index contributed by atoms with van der Waals surface area (Å²) >= 11 is 15.1. The maximum atomic E-state index is 12.0. The monoisotopic (exact) mass is 439 g/mol. The van der Waals surface area contributed by atoms with Gasteiger partial charge in [-0.05, 0) is 23.1 Å². The largest absolute Gasteiger partial charge is 0.351 e. The van der Waals surface area contributed by atoms with Gasteiger partial charge in [0.15, 0.2) is 5.13 Å². The van der Waals surface area contributed by atoms with Crippen molar-refractivity contribution in [1.29, 1.82) is 0 Å². The van der Waals surface area contributed by atoms with Crippen molar-refractivity contribution >= 4 is 62.8 Å². The Labute approximate surface area is 174 Å². The van der Waals surface area contributed by atoms with Gasteiger partial charge in [-0.25, -0.2) is 4.98 Å². The summed E-state index contributed by atoms with van der Waals surface area (Å²) in [4.78, 5) is 29.0. The summed E-state index contributed by atoms with van der Waals surface area (Å²) in [7, 11) is 0. The highest BCUT2D eigenvalue weighted by atomic mass is 35.5. The number of anilines is 1. The van der Waals surface area contributed by atoms with Crippen molar-refractivity contribution < 1.29 is 9.59 Å². The Hall–Kier alpha value is -1.93. The molecule has 9 heteroatoms. The Morgan fingerprint density at radius 1 is 1.19 bits per heavy atom. The van der Waals surface area contributed by atoms with Gasteiger partial charge < -0.3 is 10.6 Å². The quantitative estimate of drug-likeness (QED) is 0.551. The lowest BCUT2D eigenvalue weighted by atomic mass is 10.1. The predicted molar refractivity (Wildman–Crippen MR) is 111 cm³/mol. The molecule has 2 heterocycles. The minimum Gasteiger partial charge on any atom is -0.351 e. The lowest BCUT2D eigenvalue weighted by Crippen LogP contribution is -2.27. The van der Waals surface area contributed by atoms with Crippen LogP contribution in [0, 0.1) is 0 Å². The van der Waals surface area contributed by atoms with E-state index in [1.807, 2.05) is 17.5 Å². The number of amides is 2. The molecule has 0 atom stereocenters. The summed E-state index contributed by atoms with van der Waals surface area (Å²) in [5.41, 5.74) is 1.51. The van der Waals surface area contributed by atoms with Crippen LogP contribution in [0.1, 0.15) is 27.2 Å². The van der Waals surface area contributed by atoms with Crippen LogP contribution in [-0.2, 0) is 11.2 Å². The summed E-state index contributed by atoms with van der Waals surface area (Å²) in [6.07, 6.45) is 2.46. The number of carbonyl (C=O) groups excluding carboxylic acids is 2. The van der Waals surface area contributed by atoms with E-state index < -0.39 is 0 Å². The molecule has 0 fully saturated rings. The number of carbonyl (C=O) groups is 2. The highest BCUT2D eigenvalue weighted by molar-refractivity contribution is 7.15. The molecule has 3 aromatic rings. The molecule has 27 heavy (non-hydrogen) atoms. The third kappa shape index (κ3) is 5.52. The van der Waals surface area contributed by atoms with Crippen LogP contribution in [0.2, 0.25) is 10.0 Å². The number of halogens is 2. The third-order valence-corrected chi connectivity index (χ3v) is 6.07. The Morgan fingerprint density at radius 3 is 2.81 bits per heavy atom. The first kappa shape index (κ1) is 19.8. The van der Waals surface area contributed by atoms with Gasteiger partial charge in [-0.15, -0.1) is 11.3 Å². The molecule has 2 N–H and O–H groups in total. The molecule has 1 aromatic carbocycles.